The first-order valence-corrected chi connectivity index (χ1v) is 12.5. The number of nitrogen functional groups attached to an aromatic ring is 1. The number of amides is 1. The third-order valence-electron chi connectivity index (χ3n) is 5.25. The van der Waals surface area contributed by atoms with Gasteiger partial charge >= 0.3 is 0 Å². The number of carbonyl (C=O) groups is 1. The topological polar surface area (TPSA) is 126 Å². The number of carbonyl (C=O) groups excluding carboxylic acids is 1. The van der Waals surface area contributed by atoms with Crippen LogP contribution in [0.2, 0.25) is 0 Å². The summed E-state index contributed by atoms with van der Waals surface area (Å²) in [6.45, 7) is 0. The van der Waals surface area contributed by atoms with Crippen molar-refractivity contribution in [2.75, 3.05) is 39.5 Å². The van der Waals surface area contributed by atoms with Crippen molar-refractivity contribution >= 4 is 33.2 Å². The van der Waals surface area contributed by atoms with Gasteiger partial charge in [-0.1, -0.05) is 6.07 Å². The molecule has 10 heteroatoms. The molecule has 0 unspecified atom stereocenters. The van der Waals surface area contributed by atoms with Gasteiger partial charge in [0, 0.05) is 28.8 Å². The van der Waals surface area contributed by atoms with E-state index in [9.17, 15) is 13.2 Å². The van der Waals surface area contributed by atoms with Gasteiger partial charge in [-0.05, 0) is 48.0 Å². The highest BCUT2D eigenvalue weighted by Gasteiger charge is 2.16. The zero-order valence-electron chi connectivity index (χ0n) is 20.4. The molecule has 0 atom stereocenters. The summed E-state index contributed by atoms with van der Waals surface area (Å²) in [6.07, 6.45) is 1.42. The van der Waals surface area contributed by atoms with E-state index >= 15 is 0 Å². The molecule has 0 aliphatic carbocycles. The fourth-order valence-electron chi connectivity index (χ4n) is 3.42. The number of nitrogens with two attached hydrogens (primary N) is 1. The number of anilines is 2. The zero-order chi connectivity index (χ0) is 26.3. The van der Waals surface area contributed by atoms with Crippen LogP contribution < -0.4 is 30.0 Å². The monoisotopic (exact) mass is 512 g/mol. The van der Waals surface area contributed by atoms with E-state index in [2.05, 4.69) is 5.32 Å². The average Bonchev–Trinajstić information content (AvgIpc) is 2.87. The van der Waals surface area contributed by atoms with Crippen molar-refractivity contribution in [3.8, 4) is 23.0 Å². The molecule has 0 radical (unpaired) electrons. The number of sulfone groups is 1. The largest absolute Gasteiger partial charge is 0.496 e. The molecular formula is C26H28N2O7S. The third kappa shape index (κ3) is 6.48. The van der Waals surface area contributed by atoms with Gasteiger partial charge in [0.1, 0.15) is 23.0 Å². The van der Waals surface area contributed by atoms with Gasteiger partial charge in [0.25, 0.3) is 5.91 Å². The van der Waals surface area contributed by atoms with Gasteiger partial charge in [-0.15, -0.1) is 0 Å². The minimum atomic E-state index is -3.71. The highest BCUT2D eigenvalue weighted by atomic mass is 32.2. The lowest BCUT2D eigenvalue weighted by Crippen LogP contribution is -2.13. The van der Waals surface area contributed by atoms with Crippen LogP contribution in [0.25, 0.3) is 6.08 Å². The highest BCUT2D eigenvalue weighted by molar-refractivity contribution is 7.93. The van der Waals surface area contributed by atoms with Crippen LogP contribution in [0.1, 0.15) is 21.5 Å². The minimum Gasteiger partial charge on any atom is -0.496 e. The van der Waals surface area contributed by atoms with E-state index in [0.29, 0.717) is 51.1 Å². The number of hydrogen-bond donors (Lipinski definition) is 2. The van der Waals surface area contributed by atoms with Crippen molar-refractivity contribution in [3.05, 3.63) is 76.7 Å². The first kappa shape index (κ1) is 26.4. The lowest BCUT2D eigenvalue weighted by molar-refractivity contribution is 0.102. The number of ether oxygens (including phenoxy) is 4. The van der Waals surface area contributed by atoms with Crippen LogP contribution in [-0.4, -0.2) is 42.8 Å². The van der Waals surface area contributed by atoms with Gasteiger partial charge in [-0.3, -0.25) is 4.79 Å². The van der Waals surface area contributed by atoms with Crippen molar-refractivity contribution in [1.82, 2.24) is 0 Å². The van der Waals surface area contributed by atoms with Crippen LogP contribution in [0.5, 0.6) is 23.0 Å². The molecule has 3 aromatic carbocycles. The standard InChI is InChI=1S/C26H28N2O7S/c1-32-20-14-24(34-3)21(25(15-20)35-4)11-12-36(30,31)16-17-5-10-23(33-2)22(13-17)28-26(29)18-6-8-19(27)9-7-18/h5-15H,16,27H2,1-4H3,(H,28,29)/b12-11-. The maximum Gasteiger partial charge on any atom is 0.255 e. The first-order chi connectivity index (χ1) is 17.2. The van der Waals surface area contributed by atoms with Crippen LogP contribution in [0, 0.1) is 0 Å². The van der Waals surface area contributed by atoms with E-state index in [4.69, 9.17) is 24.7 Å². The van der Waals surface area contributed by atoms with E-state index < -0.39 is 9.84 Å². The summed E-state index contributed by atoms with van der Waals surface area (Å²) in [5.74, 6) is 1.01. The SMILES string of the molecule is COc1cc(OC)c(/C=C\S(=O)(=O)Cc2ccc(OC)c(NC(=O)c3ccc(N)cc3)c2)c(OC)c1. The Bertz CT molecular complexity index is 1340. The summed E-state index contributed by atoms with van der Waals surface area (Å²) in [6, 6.07) is 14.5. The summed E-state index contributed by atoms with van der Waals surface area (Å²) in [5.41, 5.74) is 7.87. The molecule has 0 aliphatic heterocycles. The summed E-state index contributed by atoms with van der Waals surface area (Å²) < 4.78 is 47.1. The lowest BCUT2D eigenvalue weighted by atomic mass is 10.1. The van der Waals surface area contributed by atoms with Crippen molar-refractivity contribution in [2.45, 2.75) is 5.75 Å². The van der Waals surface area contributed by atoms with Crippen molar-refractivity contribution in [1.29, 1.82) is 0 Å². The van der Waals surface area contributed by atoms with E-state index in [1.165, 1.54) is 34.5 Å². The lowest BCUT2D eigenvalue weighted by Gasteiger charge is -2.13. The Morgan fingerprint density at radius 2 is 1.47 bits per heavy atom. The Balaban J connectivity index is 1.85. The zero-order valence-corrected chi connectivity index (χ0v) is 21.2. The molecule has 0 aliphatic rings. The molecule has 190 valence electrons. The van der Waals surface area contributed by atoms with E-state index in [1.807, 2.05) is 0 Å². The molecule has 0 spiro atoms. The quantitative estimate of drug-likeness (QED) is 0.388. The summed E-state index contributed by atoms with van der Waals surface area (Å²) in [4.78, 5) is 12.6. The molecule has 3 rings (SSSR count). The van der Waals surface area contributed by atoms with Crippen LogP contribution in [0.15, 0.2) is 60.0 Å². The molecule has 1 amide bonds. The van der Waals surface area contributed by atoms with Gasteiger partial charge < -0.3 is 30.0 Å². The van der Waals surface area contributed by atoms with Gasteiger partial charge in [0.05, 0.1) is 45.4 Å². The molecule has 9 nitrogen and oxygen atoms in total. The second kappa shape index (κ2) is 11.5. The van der Waals surface area contributed by atoms with Crippen molar-refractivity contribution in [3.63, 3.8) is 0 Å². The van der Waals surface area contributed by atoms with Gasteiger partial charge in [0.2, 0.25) is 0 Å². The molecule has 3 N–H and O–H groups in total. The van der Waals surface area contributed by atoms with Crippen molar-refractivity contribution < 1.29 is 32.2 Å². The second-order valence-electron chi connectivity index (χ2n) is 7.67. The third-order valence-corrected chi connectivity index (χ3v) is 6.53. The summed E-state index contributed by atoms with van der Waals surface area (Å²) in [5, 5.41) is 3.85. The number of rotatable bonds is 10. The first-order valence-electron chi connectivity index (χ1n) is 10.7. The predicted octanol–water partition coefficient (Wildman–Crippen LogP) is 4.14. The number of hydrogen-bond acceptors (Lipinski definition) is 8. The van der Waals surface area contributed by atoms with Crippen molar-refractivity contribution in [2.24, 2.45) is 0 Å². The fourth-order valence-corrected chi connectivity index (χ4v) is 4.50. The van der Waals surface area contributed by atoms with E-state index in [1.54, 1.807) is 54.6 Å². The molecule has 36 heavy (non-hydrogen) atoms. The summed E-state index contributed by atoms with van der Waals surface area (Å²) in [7, 11) is 2.20. The smallest absolute Gasteiger partial charge is 0.255 e. The summed E-state index contributed by atoms with van der Waals surface area (Å²) >= 11 is 0. The molecule has 0 heterocycles. The normalized spacial score (nSPS) is 11.2. The Kier molecular flexibility index (Phi) is 8.44. The maximum atomic E-state index is 12.9. The van der Waals surface area contributed by atoms with Crippen LogP contribution >= 0.6 is 0 Å². The molecule has 0 bridgehead atoms. The molecular weight excluding hydrogens is 484 g/mol. The van der Waals surface area contributed by atoms with Gasteiger partial charge in [-0.2, -0.15) is 0 Å². The van der Waals surface area contributed by atoms with Crippen LogP contribution in [0.4, 0.5) is 11.4 Å². The maximum absolute atomic E-state index is 12.9. The highest BCUT2D eigenvalue weighted by Crippen LogP contribution is 2.35. The fraction of sp³-hybridized carbons (Fsp3) is 0.192. The molecule has 0 saturated carbocycles. The Hall–Kier alpha value is -4.18. The van der Waals surface area contributed by atoms with E-state index in [0.717, 1.165) is 5.41 Å². The average molecular weight is 513 g/mol. The molecule has 0 aromatic heterocycles. The van der Waals surface area contributed by atoms with Gasteiger partial charge in [-0.25, -0.2) is 8.42 Å². The Labute approximate surface area is 210 Å². The number of benzene rings is 3. The number of methoxy groups -OCH3 is 4. The molecule has 0 fully saturated rings. The Morgan fingerprint density at radius 3 is 2.03 bits per heavy atom. The minimum absolute atomic E-state index is 0.307. The Morgan fingerprint density at radius 1 is 0.861 bits per heavy atom. The molecule has 0 saturated heterocycles. The predicted molar refractivity (Wildman–Crippen MR) is 140 cm³/mol. The van der Waals surface area contributed by atoms with Crippen LogP contribution in [-0.2, 0) is 15.6 Å². The van der Waals surface area contributed by atoms with Crippen LogP contribution in [0.3, 0.4) is 0 Å². The second-order valence-corrected chi connectivity index (χ2v) is 9.55. The molecule has 3 aromatic rings. The number of nitrogens with one attached hydrogen (secondary N) is 1. The van der Waals surface area contributed by atoms with E-state index in [-0.39, 0.29) is 11.7 Å². The van der Waals surface area contributed by atoms with Gasteiger partial charge in [0.15, 0.2) is 9.84 Å².